The molecule has 0 nitrogen and oxygen atoms in total. The Kier molecular flexibility index (Phi) is 3.07. The smallest absolute Gasteiger partial charge is 0.0619 e. The molecule has 0 aromatic heterocycles. The number of hydrogen-bond donors (Lipinski definition) is 0. The zero-order chi connectivity index (χ0) is 22.7. The predicted molar refractivity (Wildman–Crippen MR) is 145 cm³/mol. The fourth-order valence-electron chi connectivity index (χ4n) is 7.45. The van der Waals surface area contributed by atoms with Crippen LogP contribution in [0.4, 0.5) is 0 Å². The monoisotopic (exact) mass is 440 g/mol. The third-order valence-corrected chi connectivity index (χ3v) is 8.63. The van der Waals surface area contributed by atoms with E-state index in [1.165, 1.54) is 77.5 Å². The molecule has 9 rings (SSSR count). The van der Waals surface area contributed by atoms with Crippen LogP contribution in [0.2, 0.25) is 0 Å². The second kappa shape index (κ2) is 5.98. The van der Waals surface area contributed by atoms with Crippen LogP contribution in [0.3, 0.4) is 0 Å². The summed E-state index contributed by atoms with van der Waals surface area (Å²) in [5.74, 6) is 0. The zero-order valence-electron chi connectivity index (χ0n) is 19.0. The Morgan fingerprint density at radius 3 is 1.49 bits per heavy atom. The number of benzene rings is 6. The Morgan fingerprint density at radius 1 is 0.343 bits per heavy atom. The molecule has 0 saturated heterocycles. The maximum absolute atomic E-state index is 2.53. The first-order chi connectivity index (χ1) is 17.4. The van der Waals surface area contributed by atoms with Crippen molar-refractivity contribution in [3.8, 4) is 44.5 Å². The summed E-state index contributed by atoms with van der Waals surface area (Å²) in [6, 6.07) is 45.5. The molecular formula is C35H20. The van der Waals surface area contributed by atoms with Gasteiger partial charge < -0.3 is 0 Å². The molecule has 0 bridgehead atoms. The van der Waals surface area contributed by atoms with Crippen molar-refractivity contribution < 1.29 is 0 Å². The van der Waals surface area contributed by atoms with Crippen LogP contribution < -0.4 is 0 Å². The molecule has 0 unspecified atom stereocenters. The SMILES string of the molecule is c1ccc2c(c1)-c1cccc3c4c(cc-2c13)C1(c2ccccc2-c2ccccc21)c1ccccc1-4. The maximum Gasteiger partial charge on any atom is 0.0725 e. The van der Waals surface area contributed by atoms with Gasteiger partial charge in [0.2, 0.25) is 0 Å². The molecule has 0 heterocycles. The number of fused-ring (bicyclic) bond motifs is 14. The van der Waals surface area contributed by atoms with E-state index >= 15 is 0 Å². The molecule has 0 fully saturated rings. The number of hydrogen-bond acceptors (Lipinski definition) is 0. The Hall–Kier alpha value is -4.42. The van der Waals surface area contributed by atoms with Crippen LogP contribution in [0, 0.1) is 0 Å². The lowest BCUT2D eigenvalue weighted by atomic mass is 9.70. The van der Waals surface area contributed by atoms with Gasteiger partial charge in [-0.2, -0.15) is 0 Å². The van der Waals surface area contributed by atoms with E-state index in [-0.39, 0.29) is 5.41 Å². The molecule has 0 atom stereocenters. The molecule has 0 aliphatic heterocycles. The van der Waals surface area contributed by atoms with E-state index in [0.717, 1.165) is 0 Å². The minimum atomic E-state index is -0.294. The van der Waals surface area contributed by atoms with Crippen molar-refractivity contribution in [1.82, 2.24) is 0 Å². The third-order valence-electron chi connectivity index (χ3n) is 8.63. The number of rotatable bonds is 0. The quantitative estimate of drug-likeness (QED) is 0.221. The molecular weight excluding hydrogens is 420 g/mol. The predicted octanol–water partition coefficient (Wildman–Crippen LogP) is 8.83. The van der Waals surface area contributed by atoms with Gasteiger partial charge in [-0.05, 0) is 83.6 Å². The summed E-state index contributed by atoms with van der Waals surface area (Å²) in [7, 11) is 0. The Balaban J connectivity index is 1.55. The summed E-state index contributed by atoms with van der Waals surface area (Å²) >= 11 is 0. The van der Waals surface area contributed by atoms with E-state index in [1.54, 1.807) is 0 Å². The van der Waals surface area contributed by atoms with E-state index in [0.29, 0.717) is 0 Å². The van der Waals surface area contributed by atoms with Crippen LogP contribution in [0.5, 0.6) is 0 Å². The van der Waals surface area contributed by atoms with Crippen LogP contribution >= 0.6 is 0 Å². The Labute approximate surface area is 204 Å². The van der Waals surface area contributed by atoms with Gasteiger partial charge in [0, 0.05) is 0 Å². The molecule has 1 spiro atoms. The molecule has 3 aliphatic rings. The van der Waals surface area contributed by atoms with Crippen LogP contribution in [0.1, 0.15) is 22.3 Å². The maximum atomic E-state index is 2.53. The van der Waals surface area contributed by atoms with Gasteiger partial charge in [0.1, 0.15) is 0 Å². The molecule has 0 saturated carbocycles. The molecule has 3 aliphatic carbocycles. The van der Waals surface area contributed by atoms with E-state index in [1.807, 2.05) is 0 Å². The van der Waals surface area contributed by atoms with Gasteiger partial charge >= 0.3 is 0 Å². The lowest BCUT2D eigenvalue weighted by Crippen LogP contribution is -2.25. The average Bonchev–Trinajstić information content (AvgIpc) is 3.52. The average molecular weight is 441 g/mol. The fraction of sp³-hybridized carbons (Fsp3) is 0.0286. The van der Waals surface area contributed by atoms with E-state index in [4.69, 9.17) is 0 Å². The second-order valence-corrected chi connectivity index (χ2v) is 10.0. The Bertz CT molecular complexity index is 1860. The molecule has 35 heavy (non-hydrogen) atoms. The Morgan fingerprint density at radius 2 is 0.829 bits per heavy atom. The summed E-state index contributed by atoms with van der Waals surface area (Å²) in [5, 5.41) is 2.77. The van der Waals surface area contributed by atoms with Crippen molar-refractivity contribution in [3.05, 3.63) is 144 Å². The topological polar surface area (TPSA) is 0 Å². The first-order valence-corrected chi connectivity index (χ1v) is 12.4. The van der Waals surface area contributed by atoms with Gasteiger partial charge in [0.15, 0.2) is 0 Å². The third kappa shape index (κ3) is 1.87. The summed E-state index contributed by atoms with van der Waals surface area (Å²) in [6.45, 7) is 0. The summed E-state index contributed by atoms with van der Waals surface area (Å²) in [5.41, 5.74) is 16.3. The van der Waals surface area contributed by atoms with Crippen LogP contribution in [-0.2, 0) is 5.41 Å². The van der Waals surface area contributed by atoms with Crippen molar-refractivity contribution in [2.45, 2.75) is 5.41 Å². The summed E-state index contributed by atoms with van der Waals surface area (Å²) in [6.07, 6.45) is 0. The van der Waals surface area contributed by atoms with E-state index in [2.05, 4.69) is 121 Å². The van der Waals surface area contributed by atoms with Gasteiger partial charge in [0.25, 0.3) is 0 Å². The van der Waals surface area contributed by atoms with Crippen LogP contribution in [0.25, 0.3) is 55.3 Å². The second-order valence-electron chi connectivity index (χ2n) is 10.0. The highest BCUT2D eigenvalue weighted by Crippen LogP contribution is 2.65. The first kappa shape index (κ1) is 18.0. The van der Waals surface area contributed by atoms with Gasteiger partial charge in [-0.25, -0.2) is 0 Å². The molecule has 160 valence electrons. The first-order valence-electron chi connectivity index (χ1n) is 12.4. The highest BCUT2D eigenvalue weighted by molar-refractivity contribution is 6.21. The van der Waals surface area contributed by atoms with E-state index < -0.39 is 0 Å². The van der Waals surface area contributed by atoms with Gasteiger partial charge in [-0.1, -0.05) is 115 Å². The highest BCUT2D eigenvalue weighted by atomic mass is 14.5. The molecule has 0 radical (unpaired) electrons. The van der Waals surface area contributed by atoms with E-state index in [9.17, 15) is 0 Å². The molecule has 0 N–H and O–H groups in total. The molecule has 6 aromatic carbocycles. The standard InChI is InChI=1S/C35H20/c1-2-11-22-21(10-1)25-15-9-16-27-33(25)28(22)20-32-34(27)26-14-5-8-19-31(26)35(32)29-17-6-3-12-23(29)24-13-4-7-18-30(24)35/h1-20H. The van der Waals surface area contributed by atoms with Crippen LogP contribution in [0.15, 0.2) is 121 Å². The minimum Gasteiger partial charge on any atom is -0.0619 e. The fourth-order valence-corrected chi connectivity index (χ4v) is 7.45. The van der Waals surface area contributed by atoms with Crippen molar-refractivity contribution in [3.63, 3.8) is 0 Å². The van der Waals surface area contributed by atoms with Crippen molar-refractivity contribution in [2.75, 3.05) is 0 Å². The largest absolute Gasteiger partial charge is 0.0725 e. The highest BCUT2D eigenvalue weighted by Gasteiger charge is 2.52. The van der Waals surface area contributed by atoms with Crippen molar-refractivity contribution in [2.24, 2.45) is 0 Å². The lowest BCUT2D eigenvalue weighted by Gasteiger charge is -2.30. The van der Waals surface area contributed by atoms with Gasteiger partial charge in [0.05, 0.1) is 5.41 Å². The molecule has 6 aromatic rings. The van der Waals surface area contributed by atoms with Gasteiger partial charge in [-0.15, -0.1) is 0 Å². The zero-order valence-corrected chi connectivity index (χ0v) is 19.0. The minimum absolute atomic E-state index is 0.294. The van der Waals surface area contributed by atoms with Gasteiger partial charge in [-0.3, -0.25) is 0 Å². The van der Waals surface area contributed by atoms with Crippen molar-refractivity contribution in [1.29, 1.82) is 0 Å². The molecule has 0 amide bonds. The normalized spacial score (nSPS) is 14.5. The lowest BCUT2D eigenvalue weighted by molar-refractivity contribution is 0.795. The summed E-state index contributed by atoms with van der Waals surface area (Å²) < 4.78 is 0. The summed E-state index contributed by atoms with van der Waals surface area (Å²) in [4.78, 5) is 0. The van der Waals surface area contributed by atoms with Crippen molar-refractivity contribution >= 4 is 10.8 Å². The molecule has 0 heteroatoms. The van der Waals surface area contributed by atoms with Crippen LogP contribution in [-0.4, -0.2) is 0 Å².